The van der Waals surface area contributed by atoms with Gasteiger partial charge in [0, 0.05) is 23.1 Å². The van der Waals surface area contributed by atoms with Crippen molar-refractivity contribution in [2.75, 3.05) is 6.61 Å². The molecule has 0 saturated carbocycles. The highest BCUT2D eigenvalue weighted by atomic mass is 32.1. The van der Waals surface area contributed by atoms with E-state index in [0.29, 0.717) is 18.7 Å². The van der Waals surface area contributed by atoms with E-state index in [1.807, 2.05) is 18.4 Å². The normalized spacial score (nSPS) is 9.81. The molecular weight excluding hydrogens is 286 g/mol. The van der Waals surface area contributed by atoms with E-state index in [2.05, 4.69) is 27.1 Å². The van der Waals surface area contributed by atoms with E-state index in [0.717, 1.165) is 16.1 Å². The molecule has 21 heavy (non-hydrogen) atoms. The number of carbonyl (C=O) groups is 1. The molecule has 0 atom stereocenters. The Morgan fingerprint density at radius 1 is 1.43 bits per heavy atom. The van der Waals surface area contributed by atoms with Gasteiger partial charge < -0.3 is 10.4 Å². The van der Waals surface area contributed by atoms with Crippen LogP contribution >= 0.6 is 11.3 Å². The van der Waals surface area contributed by atoms with Crippen molar-refractivity contribution >= 4 is 17.2 Å². The van der Waals surface area contributed by atoms with Gasteiger partial charge in [0.25, 0.3) is 5.91 Å². The number of aryl methyl sites for hydroxylation is 1. The lowest BCUT2D eigenvalue weighted by molar-refractivity contribution is 0.0946. The van der Waals surface area contributed by atoms with Crippen LogP contribution in [0.15, 0.2) is 23.8 Å². The van der Waals surface area contributed by atoms with Gasteiger partial charge in [-0.15, -0.1) is 11.3 Å². The molecule has 5 nitrogen and oxygen atoms in total. The topological polar surface area (TPSA) is 75.1 Å². The molecule has 2 aromatic heterocycles. The molecule has 0 radical (unpaired) electrons. The Labute approximate surface area is 127 Å². The summed E-state index contributed by atoms with van der Waals surface area (Å²) in [6.07, 6.45) is 3.47. The van der Waals surface area contributed by atoms with Crippen molar-refractivity contribution in [3.8, 4) is 11.8 Å². The van der Waals surface area contributed by atoms with Gasteiger partial charge in [-0.2, -0.15) is 0 Å². The fraction of sp³-hybridized carbons (Fsp3) is 0.267. The number of hydrogen-bond donors (Lipinski definition) is 2. The van der Waals surface area contributed by atoms with Crippen molar-refractivity contribution in [1.82, 2.24) is 15.3 Å². The van der Waals surface area contributed by atoms with Crippen LogP contribution < -0.4 is 5.32 Å². The monoisotopic (exact) mass is 301 g/mol. The molecule has 0 fully saturated rings. The second kappa shape index (κ2) is 7.53. The SMILES string of the molecule is Cc1cnc(C(=O)NCc2sccc2C#CCCO)cn1. The van der Waals surface area contributed by atoms with Crippen LogP contribution in [0.3, 0.4) is 0 Å². The maximum Gasteiger partial charge on any atom is 0.271 e. The number of thiophene rings is 1. The van der Waals surface area contributed by atoms with Gasteiger partial charge in [-0.1, -0.05) is 11.8 Å². The highest BCUT2D eigenvalue weighted by molar-refractivity contribution is 7.10. The third-order valence-electron chi connectivity index (χ3n) is 2.63. The van der Waals surface area contributed by atoms with Crippen LogP contribution in [0.5, 0.6) is 0 Å². The Balaban J connectivity index is 1.97. The molecule has 0 bridgehead atoms. The molecular formula is C15H15N3O2S. The van der Waals surface area contributed by atoms with Crippen molar-refractivity contribution in [1.29, 1.82) is 0 Å². The van der Waals surface area contributed by atoms with Crippen molar-refractivity contribution in [3.05, 3.63) is 45.7 Å². The van der Waals surface area contributed by atoms with Gasteiger partial charge in [-0.25, -0.2) is 4.98 Å². The summed E-state index contributed by atoms with van der Waals surface area (Å²) in [5.41, 5.74) is 1.94. The summed E-state index contributed by atoms with van der Waals surface area (Å²) < 4.78 is 0. The van der Waals surface area contributed by atoms with Gasteiger partial charge in [0.2, 0.25) is 0 Å². The number of rotatable bonds is 4. The van der Waals surface area contributed by atoms with Crippen molar-refractivity contribution in [3.63, 3.8) is 0 Å². The van der Waals surface area contributed by atoms with Gasteiger partial charge >= 0.3 is 0 Å². The Kier molecular flexibility index (Phi) is 5.43. The minimum absolute atomic E-state index is 0.0509. The molecule has 108 valence electrons. The zero-order chi connectivity index (χ0) is 15.1. The predicted molar refractivity (Wildman–Crippen MR) is 80.8 cm³/mol. The third kappa shape index (κ3) is 4.38. The lowest BCUT2D eigenvalue weighted by atomic mass is 10.2. The van der Waals surface area contributed by atoms with Crippen LogP contribution in [0, 0.1) is 18.8 Å². The molecule has 0 aromatic carbocycles. The first-order chi connectivity index (χ1) is 10.2. The molecule has 0 aliphatic rings. The second-order valence-corrected chi connectivity index (χ2v) is 5.26. The maximum atomic E-state index is 11.9. The lowest BCUT2D eigenvalue weighted by Crippen LogP contribution is -2.23. The standard InChI is InChI=1S/C15H15N3O2S/c1-11-8-17-13(9-16-11)15(20)18-10-14-12(5-7-21-14)4-2-3-6-19/h5,7-9,19H,3,6,10H2,1H3,(H,18,20). The smallest absolute Gasteiger partial charge is 0.271 e. The van der Waals surface area contributed by atoms with Gasteiger partial charge in [-0.3, -0.25) is 9.78 Å². The number of carbonyl (C=O) groups excluding carboxylic acids is 1. The van der Waals surface area contributed by atoms with Crippen molar-refractivity contribution in [2.24, 2.45) is 0 Å². The molecule has 0 spiro atoms. The van der Waals surface area contributed by atoms with Gasteiger partial charge in [0.15, 0.2) is 0 Å². The zero-order valence-corrected chi connectivity index (χ0v) is 12.4. The number of aromatic nitrogens is 2. The molecule has 2 heterocycles. The zero-order valence-electron chi connectivity index (χ0n) is 11.6. The summed E-state index contributed by atoms with van der Waals surface area (Å²) in [7, 11) is 0. The Bertz CT molecular complexity index is 668. The van der Waals surface area contributed by atoms with Crippen molar-refractivity contribution in [2.45, 2.75) is 19.9 Å². The summed E-state index contributed by atoms with van der Waals surface area (Å²) in [5.74, 6) is 5.60. The summed E-state index contributed by atoms with van der Waals surface area (Å²) in [6, 6.07) is 1.90. The van der Waals surface area contributed by atoms with E-state index in [9.17, 15) is 4.79 Å². The van der Waals surface area contributed by atoms with E-state index in [-0.39, 0.29) is 12.5 Å². The summed E-state index contributed by atoms with van der Waals surface area (Å²) in [6.45, 7) is 2.27. The molecule has 0 saturated heterocycles. The first-order valence-corrected chi connectivity index (χ1v) is 7.31. The fourth-order valence-electron chi connectivity index (χ4n) is 1.56. The van der Waals surface area contributed by atoms with Crippen LogP contribution in [0.2, 0.25) is 0 Å². The van der Waals surface area contributed by atoms with Crippen LogP contribution in [-0.4, -0.2) is 27.6 Å². The van der Waals surface area contributed by atoms with E-state index >= 15 is 0 Å². The number of nitrogens with zero attached hydrogens (tertiary/aromatic N) is 2. The number of aliphatic hydroxyl groups excluding tert-OH is 1. The largest absolute Gasteiger partial charge is 0.395 e. The Morgan fingerprint density at radius 3 is 3.00 bits per heavy atom. The molecule has 0 aliphatic heterocycles. The van der Waals surface area contributed by atoms with E-state index in [4.69, 9.17) is 5.11 Å². The predicted octanol–water partition coefficient (Wildman–Crippen LogP) is 1.51. The minimum Gasteiger partial charge on any atom is -0.395 e. The summed E-state index contributed by atoms with van der Waals surface area (Å²) in [5, 5.41) is 13.4. The van der Waals surface area contributed by atoms with Crippen LogP contribution in [0.25, 0.3) is 0 Å². The van der Waals surface area contributed by atoms with Gasteiger partial charge in [0.1, 0.15) is 5.69 Å². The number of hydrogen-bond acceptors (Lipinski definition) is 5. The molecule has 2 rings (SSSR count). The second-order valence-electron chi connectivity index (χ2n) is 4.26. The lowest BCUT2D eigenvalue weighted by Gasteiger charge is -2.03. The van der Waals surface area contributed by atoms with E-state index in [1.165, 1.54) is 17.5 Å². The quantitative estimate of drug-likeness (QED) is 0.839. The highest BCUT2D eigenvalue weighted by Gasteiger charge is 2.09. The van der Waals surface area contributed by atoms with Crippen LogP contribution in [0.4, 0.5) is 0 Å². The van der Waals surface area contributed by atoms with Gasteiger partial charge in [-0.05, 0) is 18.4 Å². The van der Waals surface area contributed by atoms with Gasteiger partial charge in [0.05, 0.1) is 25.0 Å². The van der Waals surface area contributed by atoms with E-state index in [1.54, 1.807) is 6.20 Å². The van der Waals surface area contributed by atoms with Crippen molar-refractivity contribution < 1.29 is 9.90 Å². The first kappa shape index (κ1) is 15.2. The maximum absolute atomic E-state index is 11.9. The van der Waals surface area contributed by atoms with Crippen LogP contribution in [0.1, 0.15) is 33.0 Å². The average Bonchev–Trinajstić information content (AvgIpc) is 2.93. The fourth-order valence-corrected chi connectivity index (χ4v) is 2.33. The third-order valence-corrected chi connectivity index (χ3v) is 3.55. The molecule has 2 N–H and O–H groups in total. The molecule has 1 amide bonds. The summed E-state index contributed by atoms with van der Waals surface area (Å²) in [4.78, 5) is 21.0. The average molecular weight is 301 g/mol. The molecule has 6 heteroatoms. The number of nitrogens with one attached hydrogen (secondary N) is 1. The molecule has 0 aliphatic carbocycles. The first-order valence-electron chi connectivity index (χ1n) is 6.43. The highest BCUT2D eigenvalue weighted by Crippen LogP contribution is 2.15. The van der Waals surface area contributed by atoms with Crippen LogP contribution in [-0.2, 0) is 6.54 Å². The summed E-state index contributed by atoms with van der Waals surface area (Å²) >= 11 is 1.53. The number of amides is 1. The number of aliphatic hydroxyl groups is 1. The Hall–Kier alpha value is -2.23. The minimum atomic E-state index is -0.259. The van der Waals surface area contributed by atoms with E-state index < -0.39 is 0 Å². The molecule has 2 aromatic rings. The Morgan fingerprint density at radius 2 is 2.29 bits per heavy atom. The molecule has 0 unspecified atom stereocenters.